The maximum absolute atomic E-state index is 13.9. The molecule has 2 amide bonds. The molecule has 1 aliphatic heterocycles. The van der Waals surface area contributed by atoms with Gasteiger partial charge in [0, 0.05) is 43.3 Å². The summed E-state index contributed by atoms with van der Waals surface area (Å²) >= 11 is 6.05. The third-order valence-electron chi connectivity index (χ3n) is 4.97. The van der Waals surface area contributed by atoms with Crippen LogP contribution in [0.1, 0.15) is 24.0 Å². The number of nitrogens with one attached hydrogen (secondary N) is 1. The lowest BCUT2D eigenvalue weighted by Crippen LogP contribution is -2.48. The van der Waals surface area contributed by atoms with Gasteiger partial charge in [0.15, 0.2) is 0 Å². The fourth-order valence-corrected chi connectivity index (χ4v) is 3.58. The lowest BCUT2D eigenvalue weighted by atomic mass is 10.0. The molecule has 1 heterocycles. The molecule has 144 valence electrons. The lowest BCUT2D eigenvalue weighted by Gasteiger charge is -2.33. The summed E-state index contributed by atoms with van der Waals surface area (Å²) in [6, 6.07) is 14.9. The van der Waals surface area contributed by atoms with Crippen LogP contribution in [0.5, 0.6) is 0 Å². The highest BCUT2D eigenvalue weighted by atomic mass is 35.5. The Morgan fingerprint density at radius 3 is 2.56 bits per heavy atom. The molecule has 4 nitrogen and oxygen atoms in total. The maximum Gasteiger partial charge on any atom is 0.317 e. The van der Waals surface area contributed by atoms with E-state index < -0.39 is 5.82 Å². The lowest BCUT2D eigenvalue weighted by molar-refractivity contribution is 0.173. The molecular weight excluding hydrogens is 365 g/mol. The van der Waals surface area contributed by atoms with Crippen LogP contribution in [0.15, 0.2) is 48.5 Å². The first kappa shape index (κ1) is 19.6. The van der Waals surface area contributed by atoms with Crippen LogP contribution < -0.4 is 5.32 Å². The SMILES string of the molecule is CN(Cc1c(F)cccc1Cl)C(=O)NC1CCN(Cc2ccccc2)CC1. The molecule has 0 saturated carbocycles. The maximum atomic E-state index is 13.9. The molecular formula is C21H25ClFN3O. The molecule has 0 aliphatic carbocycles. The summed E-state index contributed by atoms with van der Waals surface area (Å²) in [5.74, 6) is -0.392. The van der Waals surface area contributed by atoms with Gasteiger partial charge >= 0.3 is 6.03 Å². The molecule has 6 heteroatoms. The summed E-state index contributed by atoms with van der Waals surface area (Å²) in [5, 5.41) is 3.39. The highest BCUT2D eigenvalue weighted by Gasteiger charge is 2.22. The number of hydrogen-bond donors (Lipinski definition) is 1. The van der Waals surface area contributed by atoms with E-state index in [1.54, 1.807) is 19.2 Å². The molecule has 2 aromatic carbocycles. The van der Waals surface area contributed by atoms with E-state index >= 15 is 0 Å². The van der Waals surface area contributed by atoms with Crippen LogP contribution in [-0.2, 0) is 13.1 Å². The van der Waals surface area contributed by atoms with Gasteiger partial charge < -0.3 is 10.2 Å². The minimum Gasteiger partial charge on any atom is -0.335 e. The average Bonchev–Trinajstić information content (AvgIpc) is 2.67. The molecule has 27 heavy (non-hydrogen) atoms. The third-order valence-corrected chi connectivity index (χ3v) is 5.32. The first-order chi connectivity index (χ1) is 13.0. The molecule has 1 saturated heterocycles. The van der Waals surface area contributed by atoms with Gasteiger partial charge in [0.2, 0.25) is 0 Å². The Kier molecular flexibility index (Phi) is 6.69. The van der Waals surface area contributed by atoms with E-state index in [0.717, 1.165) is 32.5 Å². The number of hydrogen-bond acceptors (Lipinski definition) is 2. The minimum atomic E-state index is -0.392. The topological polar surface area (TPSA) is 35.6 Å². The van der Waals surface area contributed by atoms with Crippen LogP contribution in [0.3, 0.4) is 0 Å². The monoisotopic (exact) mass is 389 g/mol. The second-order valence-corrected chi connectivity index (χ2v) is 7.45. The van der Waals surface area contributed by atoms with Crippen molar-refractivity contribution in [3.8, 4) is 0 Å². The van der Waals surface area contributed by atoms with Crippen LogP contribution in [0.4, 0.5) is 9.18 Å². The molecule has 0 spiro atoms. The Bertz CT molecular complexity index is 743. The first-order valence-corrected chi connectivity index (χ1v) is 9.61. The fraction of sp³-hybridized carbons (Fsp3) is 0.381. The van der Waals surface area contributed by atoms with Crippen molar-refractivity contribution in [2.75, 3.05) is 20.1 Å². The van der Waals surface area contributed by atoms with E-state index in [0.29, 0.717) is 10.6 Å². The van der Waals surface area contributed by atoms with Gasteiger partial charge in [0.1, 0.15) is 5.82 Å². The highest BCUT2D eigenvalue weighted by molar-refractivity contribution is 6.31. The van der Waals surface area contributed by atoms with Crippen LogP contribution in [-0.4, -0.2) is 42.0 Å². The van der Waals surface area contributed by atoms with Gasteiger partial charge in [-0.25, -0.2) is 9.18 Å². The van der Waals surface area contributed by atoms with Crippen LogP contribution in [0, 0.1) is 5.82 Å². The quantitative estimate of drug-likeness (QED) is 0.828. The number of likely N-dealkylation sites (tertiary alicyclic amines) is 1. The van der Waals surface area contributed by atoms with Crippen LogP contribution in [0.2, 0.25) is 5.02 Å². The second kappa shape index (κ2) is 9.20. The summed E-state index contributed by atoms with van der Waals surface area (Å²) < 4.78 is 13.9. The number of amides is 2. The second-order valence-electron chi connectivity index (χ2n) is 7.04. The molecule has 1 aliphatic rings. The minimum absolute atomic E-state index is 0.142. The summed E-state index contributed by atoms with van der Waals surface area (Å²) in [6.45, 7) is 2.97. The average molecular weight is 390 g/mol. The third kappa shape index (κ3) is 5.44. The largest absolute Gasteiger partial charge is 0.335 e. The Labute approximate surface area is 164 Å². The number of carbonyl (C=O) groups excluding carboxylic acids is 1. The van der Waals surface area contributed by atoms with Crippen molar-refractivity contribution in [2.45, 2.75) is 32.0 Å². The van der Waals surface area contributed by atoms with Gasteiger partial charge in [-0.05, 0) is 30.5 Å². The Balaban J connectivity index is 1.46. The van der Waals surface area contributed by atoms with Crippen LogP contribution >= 0.6 is 11.6 Å². The molecule has 0 radical (unpaired) electrons. The molecule has 1 N–H and O–H groups in total. The molecule has 0 bridgehead atoms. The van der Waals surface area contributed by atoms with Gasteiger partial charge in [0.25, 0.3) is 0 Å². The first-order valence-electron chi connectivity index (χ1n) is 9.23. The van der Waals surface area contributed by atoms with Crippen molar-refractivity contribution in [2.24, 2.45) is 0 Å². The number of nitrogens with zero attached hydrogens (tertiary/aromatic N) is 2. The predicted molar refractivity (Wildman–Crippen MR) is 106 cm³/mol. The van der Waals surface area contributed by atoms with Crippen molar-refractivity contribution in [3.05, 3.63) is 70.5 Å². The normalized spacial score (nSPS) is 15.5. The Morgan fingerprint density at radius 1 is 1.19 bits per heavy atom. The number of urea groups is 1. The van der Waals surface area contributed by atoms with Gasteiger partial charge in [-0.15, -0.1) is 0 Å². The standard InChI is InChI=1S/C21H25ClFN3O/c1-25(15-18-19(22)8-5-9-20(18)23)21(27)24-17-10-12-26(13-11-17)14-16-6-3-2-4-7-16/h2-9,17H,10-15H2,1H3,(H,24,27). The Morgan fingerprint density at radius 2 is 1.89 bits per heavy atom. The zero-order chi connectivity index (χ0) is 19.2. The number of halogens is 2. The summed E-state index contributed by atoms with van der Waals surface area (Å²) in [5.41, 5.74) is 1.65. The zero-order valence-corrected chi connectivity index (χ0v) is 16.3. The van der Waals surface area contributed by atoms with Crippen molar-refractivity contribution in [1.29, 1.82) is 0 Å². The van der Waals surface area contributed by atoms with Crippen molar-refractivity contribution < 1.29 is 9.18 Å². The summed E-state index contributed by atoms with van der Waals surface area (Å²) in [7, 11) is 1.66. The molecule has 3 rings (SSSR count). The predicted octanol–water partition coefficient (Wildman–Crippen LogP) is 4.29. The van der Waals surface area contributed by atoms with Crippen LogP contribution in [0.25, 0.3) is 0 Å². The van der Waals surface area contributed by atoms with Crippen molar-refractivity contribution in [3.63, 3.8) is 0 Å². The Hall–Kier alpha value is -2.11. The molecule has 2 aromatic rings. The number of piperidine rings is 1. The fourth-order valence-electron chi connectivity index (χ4n) is 3.35. The van der Waals surface area contributed by atoms with Gasteiger partial charge in [-0.1, -0.05) is 48.0 Å². The van der Waals surface area contributed by atoms with Crippen molar-refractivity contribution in [1.82, 2.24) is 15.1 Å². The van der Waals surface area contributed by atoms with Crippen molar-refractivity contribution >= 4 is 17.6 Å². The number of benzene rings is 2. The molecule has 0 atom stereocenters. The highest BCUT2D eigenvalue weighted by Crippen LogP contribution is 2.20. The van der Waals surface area contributed by atoms with E-state index in [1.807, 2.05) is 6.07 Å². The number of rotatable bonds is 5. The van der Waals surface area contributed by atoms with Gasteiger partial charge in [0.05, 0.1) is 6.54 Å². The van der Waals surface area contributed by atoms with Gasteiger partial charge in [-0.2, -0.15) is 0 Å². The van der Waals surface area contributed by atoms with E-state index in [4.69, 9.17) is 11.6 Å². The van der Waals surface area contributed by atoms with E-state index in [1.165, 1.54) is 16.5 Å². The summed E-state index contributed by atoms with van der Waals surface area (Å²) in [4.78, 5) is 16.3. The van der Waals surface area contributed by atoms with E-state index in [-0.39, 0.29) is 18.6 Å². The molecule has 1 fully saturated rings. The van der Waals surface area contributed by atoms with E-state index in [9.17, 15) is 9.18 Å². The van der Waals surface area contributed by atoms with Gasteiger partial charge in [-0.3, -0.25) is 4.90 Å². The molecule has 0 unspecified atom stereocenters. The zero-order valence-electron chi connectivity index (χ0n) is 15.5. The van der Waals surface area contributed by atoms with E-state index in [2.05, 4.69) is 34.5 Å². The molecule has 0 aromatic heterocycles. The number of carbonyl (C=O) groups is 1. The smallest absolute Gasteiger partial charge is 0.317 e. The summed E-state index contributed by atoms with van der Waals surface area (Å²) in [6.07, 6.45) is 1.82.